The summed E-state index contributed by atoms with van der Waals surface area (Å²) in [4.78, 5) is 26.9. The van der Waals surface area contributed by atoms with Crippen molar-refractivity contribution in [2.24, 2.45) is 0 Å². The Hall–Kier alpha value is -1.95. The van der Waals surface area contributed by atoms with Crippen LogP contribution in [0.2, 0.25) is 0 Å². The van der Waals surface area contributed by atoms with Crippen molar-refractivity contribution in [3.8, 4) is 0 Å². The van der Waals surface area contributed by atoms with Crippen LogP contribution >= 0.6 is 0 Å². The second-order valence-corrected chi connectivity index (χ2v) is 4.49. The molecule has 108 valence electrons. The Balaban J connectivity index is 2.16. The molecule has 0 N–H and O–H groups in total. The highest BCUT2D eigenvalue weighted by Crippen LogP contribution is 2.25. The molecule has 1 aromatic rings. The molecule has 1 aliphatic rings. The monoisotopic (exact) mass is 280 g/mol. The van der Waals surface area contributed by atoms with Crippen molar-refractivity contribution in [2.75, 3.05) is 24.7 Å². The number of amides is 3. The van der Waals surface area contributed by atoms with Gasteiger partial charge < -0.3 is 4.74 Å². The van der Waals surface area contributed by atoms with Crippen LogP contribution in [0.4, 0.5) is 14.9 Å². The van der Waals surface area contributed by atoms with E-state index in [1.165, 1.54) is 34.1 Å². The number of urea groups is 1. The van der Waals surface area contributed by atoms with E-state index < -0.39 is 12.1 Å². The first-order valence-corrected chi connectivity index (χ1v) is 6.54. The highest BCUT2D eigenvalue weighted by atomic mass is 19.1. The molecule has 3 amide bonds. The molecule has 1 atom stereocenters. The number of carbonyl (C=O) groups excluding carboxylic acids is 2. The smallest absolute Gasteiger partial charge is 0.332 e. The Kier molecular flexibility index (Phi) is 4.34. The molecule has 6 heteroatoms. The van der Waals surface area contributed by atoms with Crippen molar-refractivity contribution >= 4 is 17.6 Å². The predicted molar refractivity (Wildman–Crippen MR) is 71.9 cm³/mol. The first kappa shape index (κ1) is 14.5. The molecule has 0 spiro atoms. The summed E-state index contributed by atoms with van der Waals surface area (Å²) in [5.74, 6) is -0.647. The molecule has 1 unspecified atom stereocenters. The number of carbonyl (C=O) groups is 2. The van der Waals surface area contributed by atoms with Gasteiger partial charge in [-0.1, -0.05) is 0 Å². The summed E-state index contributed by atoms with van der Waals surface area (Å²) in [5, 5.41) is 0. The van der Waals surface area contributed by atoms with Crippen LogP contribution in [-0.4, -0.2) is 42.6 Å². The summed E-state index contributed by atoms with van der Waals surface area (Å²) in [6.07, 6.45) is 0. The van der Waals surface area contributed by atoms with Crippen LogP contribution in [0, 0.1) is 5.82 Å². The van der Waals surface area contributed by atoms with Gasteiger partial charge in [0.05, 0.1) is 13.2 Å². The van der Waals surface area contributed by atoms with E-state index in [1.807, 2.05) is 6.92 Å². The number of hydrogen-bond acceptors (Lipinski definition) is 3. The van der Waals surface area contributed by atoms with Crippen molar-refractivity contribution in [3.05, 3.63) is 30.1 Å². The summed E-state index contributed by atoms with van der Waals surface area (Å²) < 4.78 is 18.1. The Bertz CT molecular complexity index is 504. The molecule has 0 radical (unpaired) electrons. The van der Waals surface area contributed by atoms with Gasteiger partial charge in [-0.25, -0.2) is 9.18 Å². The van der Waals surface area contributed by atoms with Gasteiger partial charge in [0.25, 0.3) is 5.91 Å². The van der Waals surface area contributed by atoms with Crippen molar-refractivity contribution in [1.29, 1.82) is 0 Å². The van der Waals surface area contributed by atoms with Gasteiger partial charge in [-0.3, -0.25) is 14.6 Å². The maximum atomic E-state index is 12.9. The molecule has 1 aromatic carbocycles. The molecule has 2 rings (SSSR count). The summed E-state index contributed by atoms with van der Waals surface area (Å²) >= 11 is 0. The summed E-state index contributed by atoms with van der Waals surface area (Å²) in [7, 11) is 0. The number of anilines is 1. The van der Waals surface area contributed by atoms with E-state index in [9.17, 15) is 14.0 Å². The minimum atomic E-state index is -0.588. The molecule has 0 aromatic heterocycles. The predicted octanol–water partition coefficient (Wildman–Crippen LogP) is 2.02. The zero-order chi connectivity index (χ0) is 14.7. The fraction of sp³-hybridized carbons (Fsp3) is 0.429. The van der Waals surface area contributed by atoms with Crippen molar-refractivity contribution in [1.82, 2.24) is 4.90 Å². The van der Waals surface area contributed by atoms with E-state index in [0.717, 1.165) is 0 Å². The average molecular weight is 280 g/mol. The number of rotatable bonds is 5. The van der Waals surface area contributed by atoms with Crippen molar-refractivity contribution in [2.45, 2.75) is 19.9 Å². The standard InChI is InChI=1S/C14H17FN2O3/c1-3-20-9-8-16-13(18)10(2)17(14(16)19)12-6-4-11(15)5-7-12/h4-7,10H,3,8-9H2,1-2H3. The Morgan fingerprint density at radius 2 is 1.90 bits per heavy atom. The fourth-order valence-corrected chi connectivity index (χ4v) is 2.17. The third-order valence-corrected chi connectivity index (χ3v) is 3.22. The first-order chi connectivity index (χ1) is 9.56. The summed E-state index contributed by atoms with van der Waals surface area (Å²) in [5.41, 5.74) is 0.510. The van der Waals surface area contributed by atoms with Gasteiger partial charge in [0, 0.05) is 12.3 Å². The van der Waals surface area contributed by atoms with E-state index in [1.54, 1.807) is 6.92 Å². The van der Waals surface area contributed by atoms with Crippen LogP contribution in [0.15, 0.2) is 24.3 Å². The second-order valence-electron chi connectivity index (χ2n) is 4.49. The van der Waals surface area contributed by atoms with Gasteiger partial charge in [0.2, 0.25) is 0 Å². The van der Waals surface area contributed by atoms with E-state index in [0.29, 0.717) is 18.9 Å². The minimum absolute atomic E-state index is 0.230. The molecule has 1 fully saturated rings. The van der Waals surface area contributed by atoms with E-state index in [2.05, 4.69) is 0 Å². The largest absolute Gasteiger partial charge is 0.380 e. The number of ether oxygens (including phenoxy) is 1. The lowest BCUT2D eigenvalue weighted by molar-refractivity contribution is -0.127. The Morgan fingerprint density at radius 3 is 2.50 bits per heavy atom. The molecule has 1 heterocycles. The topological polar surface area (TPSA) is 49.9 Å². The quantitative estimate of drug-likeness (QED) is 0.612. The zero-order valence-corrected chi connectivity index (χ0v) is 11.5. The van der Waals surface area contributed by atoms with Crippen LogP contribution in [-0.2, 0) is 9.53 Å². The molecule has 0 aliphatic carbocycles. The maximum Gasteiger partial charge on any atom is 0.332 e. The van der Waals surface area contributed by atoms with Gasteiger partial charge in [0.15, 0.2) is 0 Å². The van der Waals surface area contributed by atoms with Crippen LogP contribution in [0.5, 0.6) is 0 Å². The van der Waals surface area contributed by atoms with Gasteiger partial charge in [0.1, 0.15) is 11.9 Å². The first-order valence-electron chi connectivity index (χ1n) is 6.54. The highest BCUT2D eigenvalue weighted by Gasteiger charge is 2.42. The third kappa shape index (κ3) is 2.65. The highest BCUT2D eigenvalue weighted by molar-refractivity contribution is 6.14. The fourth-order valence-electron chi connectivity index (χ4n) is 2.17. The van der Waals surface area contributed by atoms with Crippen LogP contribution < -0.4 is 4.90 Å². The van der Waals surface area contributed by atoms with Gasteiger partial charge in [-0.2, -0.15) is 0 Å². The van der Waals surface area contributed by atoms with Crippen LogP contribution in [0.1, 0.15) is 13.8 Å². The molecule has 1 saturated heterocycles. The molecule has 20 heavy (non-hydrogen) atoms. The number of nitrogens with zero attached hydrogens (tertiary/aromatic N) is 2. The second kappa shape index (κ2) is 6.00. The van der Waals surface area contributed by atoms with Crippen molar-refractivity contribution < 1.29 is 18.7 Å². The lowest BCUT2D eigenvalue weighted by Gasteiger charge is -2.19. The number of halogens is 1. The van der Waals surface area contributed by atoms with Crippen molar-refractivity contribution in [3.63, 3.8) is 0 Å². The summed E-state index contributed by atoms with van der Waals surface area (Å²) in [6.45, 7) is 4.59. The molecular formula is C14H17FN2O3. The SMILES string of the molecule is CCOCCN1C(=O)C(C)N(c2ccc(F)cc2)C1=O. The lowest BCUT2D eigenvalue weighted by atomic mass is 10.2. The molecule has 0 saturated carbocycles. The summed E-state index contributed by atoms with van der Waals surface area (Å²) in [6, 6.07) is 4.53. The molecular weight excluding hydrogens is 263 g/mol. The van der Waals surface area contributed by atoms with E-state index in [4.69, 9.17) is 4.74 Å². The number of hydrogen-bond donors (Lipinski definition) is 0. The van der Waals surface area contributed by atoms with E-state index in [-0.39, 0.29) is 18.3 Å². The Morgan fingerprint density at radius 1 is 1.25 bits per heavy atom. The third-order valence-electron chi connectivity index (χ3n) is 3.22. The van der Waals surface area contributed by atoms with Gasteiger partial charge in [-0.15, -0.1) is 0 Å². The normalized spacial score (nSPS) is 19.1. The number of benzene rings is 1. The minimum Gasteiger partial charge on any atom is -0.380 e. The van der Waals surface area contributed by atoms with Gasteiger partial charge >= 0.3 is 6.03 Å². The average Bonchev–Trinajstić information content (AvgIpc) is 2.64. The Labute approximate surface area is 116 Å². The van der Waals surface area contributed by atoms with E-state index >= 15 is 0 Å². The van der Waals surface area contributed by atoms with Gasteiger partial charge in [-0.05, 0) is 38.1 Å². The molecule has 1 aliphatic heterocycles. The van der Waals surface area contributed by atoms with Crippen LogP contribution in [0.25, 0.3) is 0 Å². The zero-order valence-electron chi connectivity index (χ0n) is 11.5. The lowest BCUT2D eigenvalue weighted by Crippen LogP contribution is -2.35. The number of imide groups is 1. The maximum absolute atomic E-state index is 12.9. The molecule has 5 nitrogen and oxygen atoms in total. The van der Waals surface area contributed by atoms with Crippen LogP contribution in [0.3, 0.4) is 0 Å². The molecule has 0 bridgehead atoms.